The molecule has 1 aromatic heterocycles. The van der Waals surface area contributed by atoms with Gasteiger partial charge in [0.25, 0.3) is 0 Å². The Bertz CT molecular complexity index is 514. The molecule has 1 saturated heterocycles. The number of nitrogens with zero attached hydrogens (tertiary/aromatic N) is 3. The molecule has 0 spiro atoms. The SMILES string of the molecule is Cc1nc(CN2CCCN(C(=O)C(N)C3CCC3)CC2)cs1. The fourth-order valence-electron chi connectivity index (χ4n) is 3.27. The molecule has 3 rings (SSSR count). The molecule has 6 heteroatoms. The van der Waals surface area contributed by atoms with E-state index >= 15 is 0 Å². The van der Waals surface area contributed by atoms with E-state index in [1.807, 2.05) is 11.8 Å². The van der Waals surface area contributed by atoms with Crippen molar-refractivity contribution in [2.24, 2.45) is 11.7 Å². The molecule has 0 radical (unpaired) electrons. The lowest BCUT2D eigenvalue weighted by Crippen LogP contribution is -2.50. The van der Waals surface area contributed by atoms with Crippen LogP contribution >= 0.6 is 11.3 Å². The Kier molecular flexibility index (Phi) is 5.10. The lowest BCUT2D eigenvalue weighted by molar-refractivity contribution is -0.134. The van der Waals surface area contributed by atoms with Gasteiger partial charge in [-0.1, -0.05) is 6.42 Å². The summed E-state index contributed by atoms with van der Waals surface area (Å²) in [5.74, 6) is 0.584. The van der Waals surface area contributed by atoms with Crippen LogP contribution in [0.4, 0.5) is 0 Å². The van der Waals surface area contributed by atoms with E-state index < -0.39 is 0 Å². The Balaban J connectivity index is 1.51. The summed E-state index contributed by atoms with van der Waals surface area (Å²) in [4.78, 5) is 21.4. The number of aromatic nitrogens is 1. The maximum Gasteiger partial charge on any atom is 0.239 e. The second-order valence-corrected chi connectivity index (χ2v) is 7.59. The third-order valence-electron chi connectivity index (χ3n) is 4.90. The number of carbonyl (C=O) groups is 1. The lowest BCUT2D eigenvalue weighted by Gasteiger charge is -2.33. The fraction of sp³-hybridized carbons (Fsp3) is 0.750. The van der Waals surface area contributed by atoms with Crippen LogP contribution in [0.1, 0.15) is 36.4 Å². The lowest BCUT2D eigenvalue weighted by atomic mass is 9.79. The van der Waals surface area contributed by atoms with Gasteiger partial charge in [0.05, 0.1) is 16.7 Å². The van der Waals surface area contributed by atoms with Crippen molar-refractivity contribution in [3.8, 4) is 0 Å². The molecular weight excluding hydrogens is 296 g/mol. The summed E-state index contributed by atoms with van der Waals surface area (Å²) < 4.78 is 0. The van der Waals surface area contributed by atoms with E-state index in [0.29, 0.717) is 5.92 Å². The van der Waals surface area contributed by atoms with E-state index in [4.69, 9.17) is 5.73 Å². The van der Waals surface area contributed by atoms with Gasteiger partial charge in [0, 0.05) is 38.1 Å². The molecule has 0 bridgehead atoms. The van der Waals surface area contributed by atoms with Crippen molar-refractivity contribution >= 4 is 17.2 Å². The number of amides is 1. The summed E-state index contributed by atoms with van der Waals surface area (Å²) in [5.41, 5.74) is 7.30. The average Bonchev–Trinajstić information content (AvgIpc) is 2.70. The van der Waals surface area contributed by atoms with Crippen LogP contribution in [0.5, 0.6) is 0 Å². The monoisotopic (exact) mass is 322 g/mol. The third kappa shape index (κ3) is 3.67. The molecule has 1 aliphatic carbocycles. The number of aryl methyl sites for hydroxylation is 1. The van der Waals surface area contributed by atoms with Crippen LogP contribution in [0, 0.1) is 12.8 Å². The highest BCUT2D eigenvalue weighted by Gasteiger charge is 2.32. The molecular formula is C16H26N4OS. The van der Waals surface area contributed by atoms with Crippen LogP contribution in [-0.4, -0.2) is 52.9 Å². The van der Waals surface area contributed by atoms with Crippen molar-refractivity contribution in [3.63, 3.8) is 0 Å². The number of hydrogen-bond donors (Lipinski definition) is 1. The van der Waals surface area contributed by atoms with Gasteiger partial charge in [-0.25, -0.2) is 4.98 Å². The summed E-state index contributed by atoms with van der Waals surface area (Å²) in [6.07, 6.45) is 4.49. The van der Waals surface area contributed by atoms with Gasteiger partial charge < -0.3 is 10.6 Å². The maximum atomic E-state index is 12.5. The van der Waals surface area contributed by atoms with Crippen molar-refractivity contribution < 1.29 is 4.79 Å². The number of rotatable bonds is 4. The summed E-state index contributed by atoms with van der Waals surface area (Å²) >= 11 is 1.70. The maximum absolute atomic E-state index is 12.5. The molecule has 0 aromatic carbocycles. The molecule has 2 heterocycles. The predicted octanol–water partition coefficient (Wildman–Crippen LogP) is 1.61. The minimum absolute atomic E-state index is 0.163. The Morgan fingerprint density at radius 3 is 2.82 bits per heavy atom. The molecule has 2 N–H and O–H groups in total. The van der Waals surface area contributed by atoms with Crippen LogP contribution < -0.4 is 5.73 Å². The summed E-state index contributed by atoms with van der Waals surface area (Å²) in [6.45, 7) is 6.51. The summed E-state index contributed by atoms with van der Waals surface area (Å²) in [5, 5.41) is 3.25. The molecule has 2 fully saturated rings. The van der Waals surface area contributed by atoms with Crippen molar-refractivity contribution in [2.45, 2.75) is 45.2 Å². The van der Waals surface area contributed by atoms with Crippen molar-refractivity contribution in [1.29, 1.82) is 0 Å². The van der Waals surface area contributed by atoms with E-state index in [9.17, 15) is 4.79 Å². The topological polar surface area (TPSA) is 62.5 Å². The standard InChI is InChI=1S/C16H26N4OS/c1-12-18-14(11-22-12)10-19-6-3-7-20(9-8-19)16(21)15(17)13-4-2-5-13/h11,13,15H,2-10,17H2,1H3. The largest absolute Gasteiger partial charge is 0.340 e. The number of nitrogens with two attached hydrogens (primary N) is 1. The van der Waals surface area contributed by atoms with Gasteiger partial charge in [-0.2, -0.15) is 0 Å². The minimum Gasteiger partial charge on any atom is -0.340 e. The van der Waals surface area contributed by atoms with Crippen molar-refractivity contribution in [1.82, 2.24) is 14.8 Å². The van der Waals surface area contributed by atoms with Gasteiger partial charge >= 0.3 is 0 Å². The van der Waals surface area contributed by atoms with Gasteiger partial charge in [-0.05, 0) is 32.1 Å². The minimum atomic E-state index is -0.276. The first-order valence-corrected chi connectivity index (χ1v) is 9.19. The van der Waals surface area contributed by atoms with Crippen LogP contribution in [0.25, 0.3) is 0 Å². The molecule has 1 amide bonds. The quantitative estimate of drug-likeness (QED) is 0.915. The van der Waals surface area contributed by atoms with Crippen LogP contribution in [0.15, 0.2) is 5.38 Å². The Morgan fingerprint density at radius 1 is 1.36 bits per heavy atom. The normalized spacial score (nSPS) is 22.2. The van der Waals surface area contributed by atoms with Crippen molar-refractivity contribution in [3.05, 3.63) is 16.1 Å². The number of thiazole rings is 1. The average molecular weight is 322 g/mol. The van der Waals surface area contributed by atoms with Crippen LogP contribution in [0.2, 0.25) is 0 Å². The highest BCUT2D eigenvalue weighted by molar-refractivity contribution is 7.09. The van der Waals surface area contributed by atoms with E-state index in [0.717, 1.165) is 62.7 Å². The summed E-state index contributed by atoms with van der Waals surface area (Å²) in [6, 6.07) is -0.276. The Labute approximate surface area is 136 Å². The van der Waals surface area contributed by atoms with E-state index in [-0.39, 0.29) is 11.9 Å². The number of carbonyl (C=O) groups excluding carboxylic acids is 1. The van der Waals surface area contributed by atoms with Gasteiger partial charge in [-0.15, -0.1) is 11.3 Å². The second kappa shape index (κ2) is 7.06. The van der Waals surface area contributed by atoms with Crippen LogP contribution in [-0.2, 0) is 11.3 Å². The smallest absolute Gasteiger partial charge is 0.239 e. The molecule has 122 valence electrons. The van der Waals surface area contributed by atoms with Crippen molar-refractivity contribution in [2.75, 3.05) is 26.2 Å². The zero-order valence-electron chi connectivity index (χ0n) is 13.3. The second-order valence-electron chi connectivity index (χ2n) is 6.53. The highest BCUT2D eigenvalue weighted by Crippen LogP contribution is 2.29. The van der Waals surface area contributed by atoms with E-state index in [2.05, 4.69) is 15.3 Å². The first-order chi connectivity index (χ1) is 10.6. The van der Waals surface area contributed by atoms with E-state index in [1.54, 1.807) is 11.3 Å². The highest BCUT2D eigenvalue weighted by atomic mass is 32.1. The number of hydrogen-bond acceptors (Lipinski definition) is 5. The van der Waals surface area contributed by atoms with Gasteiger partial charge in [0.15, 0.2) is 0 Å². The van der Waals surface area contributed by atoms with Gasteiger partial charge in [-0.3, -0.25) is 9.69 Å². The van der Waals surface area contributed by atoms with Crippen LogP contribution in [0.3, 0.4) is 0 Å². The van der Waals surface area contributed by atoms with Gasteiger partial charge in [0.2, 0.25) is 5.91 Å². The molecule has 1 aliphatic heterocycles. The first kappa shape index (κ1) is 15.9. The molecule has 22 heavy (non-hydrogen) atoms. The predicted molar refractivity (Wildman–Crippen MR) is 88.6 cm³/mol. The molecule has 2 aliphatic rings. The molecule has 1 aromatic rings. The first-order valence-electron chi connectivity index (χ1n) is 8.31. The molecule has 1 atom stereocenters. The zero-order chi connectivity index (χ0) is 15.5. The molecule has 1 saturated carbocycles. The Morgan fingerprint density at radius 2 is 2.18 bits per heavy atom. The Hall–Kier alpha value is -0.980. The third-order valence-corrected chi connectivity index (χ3v) is 5.72. The fourth-order valence-corrected chi connectivity index (χ4v) is 3.87. The zero-order valence-corrected chi connectivity index (χ0v) is 14.1. The van der Waals surface area contributed by atoms with E-state index in [1.165, 1.54) is 6.42 Å². The van der Waals surface area contributed by atoms with Gasteiger partial charge in [0.1, 0.15) is 0 Å². The molecule has 1 unspecified atom stereocenters. The molecule has 5 nitrogen and oxygen atoms in total. The summed E-state index contributed by atoms with van der Waals surface area (Å²) in [7, 11) is 0.